The SMILES string of the molecule is O=C=C(OC(=O)c1ccc(Cl)cc1)c1ccc(Cl)cc1. The lowest BCUT2D eigenvalue weighted by Gasteiger charge is -2.05. The highest BCUT2D eigenvalue weighted by Crippen LogP contribution is 2.19. The first-order chi connectivity index (χ1) is 9.60. The Bertz CT molecular complexity index is 669. The van der Waals surface area contributed by atoms with Crippen LogP contribution >= 0.6 is 23.2 Å². The van der Waals surface area contributed by atoms with Gasteiger partial charge in [-0.3, -0.25) is 0 Å². The van der Waals surface area contributed by atoms with E-state index in [-0.39, 0.29) is 11.3 Å². The van der Waals surface area contributed by atoms with E-state index in [1.807, 2.05) is 0 Å². The second-order valence-electron chi connectivity index (χ2n) is 3.83. The van der Waals surface area contributed by atoms with Crippen molar-refractivity contribution >= 4 is 40.9 Å². The number of esters is 1. The van der Waals surface area contributed by atoms with Gasteiger partial charge in [-0.15, -0.1) is 0 Å². The molecule has 0 N–H and O–H groups in total. The summed E-state index contributed by atoms with van der Waals surface area (Å²) in [7, 11) is 0. The molecule has 0 heterocycles. The van der Waals surface area contributed by atoms with Gasteiger partial charge in [-0.2, -0.15) is 0 Å². The summed E-state index contributed by atoms with van der Waals surface area (Å²) in [5.74, 6) is 0.754. The minimum absolute atomic E-state index is 0.193. The minimum Gasteiger partial charge on any atom is -0.410 e. The largest absolute Gasteiger partial charge is 0.410 e. The predicted molar refractivity (Wildman–Crippen MR) is 77.4 cm³/mol. The summed E-state index contributed by atoms with van der Waals surface area (Å²) in [6, 6.07) is 12.4. The van der Waals surface area contributed by atoms with Crippen molar-refractivity contribution in [3.05, 3.63) is 69.7 Å². The molecule has 0 aliphatic rings. The van der Waals surface area contributed by atoms with Gasteiger partial charge in [0.05, 0.1) is 5.56 Å². The second-order valence-corrected chi connectivity index (χ2v) is 4.71. The topological polar surface area (TPSA) is 43.4 Å². The molecular weight excluding hydrogens is 299 g/mol. The van der Waals surface area contributed by atoms with Crippen LogP contribution in [0.15, 0.2) is 48.5 Å². The van der Waals surface area contributed by atoms with Crippen LogP contribution in [0.3, 0.4) is 0 Å². The monoisotopic (exact) mass is 306 g/mol. The molecule has 0 spiro atoms. The Hall–Kier alpha value is -2.06. The summed E-state index contributed by atoms with van der Waals surface area (Å²) in [6.45, 7) is 0. The lowest BCUT2D eigenvalue weighted by Crippen LogP contribution is -2.05. The van der Waals surface area contributed by atoms with E-state index in [4.69, 9.17) is 27.9 Å². The Balaban J connectivity index is 2.19. The summed E-state index contributed by atoms with van der Waals surface area (Å²) in [4.78, 5) is 22.8. The highest BCUT2D eigenvalue weighted by atomic mass is 35.5. The highest BCUT2D eigenvalue weighted by Gasteiger charge is 2.13. The summed E-state index contributed by atoms with van der Waals surface area (Å²) >= 11 is 11.5. The molecule has 0 bridgehead atoms. The Morgan fingerprint density at radius 1 is 0.850 bits per heavy atom. The molecule has 20 heavy (non-hydrogen) atoms. The average Bonchev–Trinajstić information content (AvgIpc) is 2.46. The Morgan fingerprint density at radius 2 is 1.30 bits per heavy atom. The van der Waals surface area contributed by atoms with E-state index < -0.39 is 5.97 Å². The van der Waals surface area contributed by atoms with E-state index in [1.165, 1.54) is 12.1 Å². The van der Waals surface area contributed by atoms with Crippen molar-refractivity contribution in [3.63, 3.8) is 0 Å². The molecule has 0 saturated heterocycles. The fourth-order valence-corrected chi connectivity index (χ4v) is 1.73. The van der Waals surface area contributed by atoms with Gasteiger partial charge in [-0.05, 0) is 48.5 Å². The van der Waals surface area contributed by atoms with Gasteiger partial charge in [0.15, 0.2) is 5.94 Å². The molecular formula is C15H8Cl2O3. The zero-order valence-electron chi connectivity index (χ0n) is 10.1. The van der Waals surface area contributed by atoms with Crippen molar-refractivity contribution in [2.75, 3.05) is 0 Å². The van der Waals surface area contributed by atoms with Gasteiger partial charge >= 0.3 is 5.97 Å². The van der Waals surface area contributed by atoms with Gasteiger partial charge in [0.25, 0.3) is 0 Å². The van der Waals surface area contributed by atoms with Crippen molar-refractivity contribution in [2.24, 2.45) is 0 Å². The first-order valence-electron chi connectivity index (χ1n) is 5.59. The molecule has 0 aromatic heterocycles. The van der Waals surface area contributed by atoms with Gasteiger partial charge < -0.3 is 4.74 Å². The quantitative estimate of drug-likeness (QED) is 0.488. The Labute approximate surface area is 125 Å². The van der Waals surface area contributed by atoms with E-state index in [0.29, 0.717) is 15.6 Å². The van der Waals surface area contributed by atoms with Gasteiger partial charge in [0.2, 0.25) is 5.76 Å². The summed E-state index contributed by atoms with van der Waals surface area (Å²) < 4.78 is 5.02. The lowest BCUT2D eigenvalue weighted by molar-refractivity contribution is 0.0694. The van der Waals surface area contributed by atoms with Crippen molar-refractivity contribution < 1.29 is 14.3 Å². The second kappa shape index (κ2) is 6.40. The Morgan fingerprint density at radius 3 is 1.75 bits per heavy atom. The van der Waals surface area contributed by atoms with Crippen LogP contribution < -0.4 is 0 Å². The van der Waals surface area contributed by atoms with Crippen LogP contribution in [0.25, 0.3) is 5.76 Å². The zero-order chi connectivity index (χ0) is 14.5. The third kappa shape index (κ3) is 3.49. The molecule has 100 valence electrons. The molecule has 0 aliphatic heterocycles. The minimum atomic E-state index is -0.657. The molecule has 2 rings (SSSR count). The van der Waals surface area contributed by atoms with Crippen LogP contribution in [-0.2, 0) is 9.53 Å². The number of benzene rings is 2. The first-order valence-corrected chi connectivity index (χ1v) is 6.34. The molecule has 0 unspecified atom stereocenters. The fourth-order valence-electron chi connectivity index (χ4n) is 1.48. The van der Waals surface area contributed by atoms with Crippen LogP contribution in [0.1, 0.15) is 15.9 Å². The number of carbonyl (C=O) groups excluding carboxylic acids is 2. The standard InChI is InChI=1S/C15H8Cl2O3/c16-12-5-1-10(2-6-12)14(9-18)20-15(19)11-3-7-13(17)8-4-11/h1-8H. The molecule has 0 saturated carbocycles. The van der Waals surface area contributed by atoms with Crippen molar-refractivity contribution in [1.82, 2.24) is 0 Å². The van der Waals surface area contributed by atoms with E-state index in [1.54, 1.807) is 42.3 Å². The van der Waals surface area contributed by atoms with Crippen molar-refractivity contribution in [1.29, 1.82) is 0 Å². The maximum Gasteiger partial charge on any atom is 0.344 e. The fraction of sp³-hybridized carbons (Fsp3) is 0. The number of ether oxygens (including phenoxy) is 1. The summed E-state index contributed by atoms with van der Waals surface area (Å²) in [5, 5.41) is 1.02. The van der Waals surface area contributed by atoms with Crippen LogP contribution in [-0.4, -0.2) is 11.9 Å². The van der Waals surface area contributed by atoms with Gasteiger partial charge in [-0.1, -0.05) is 23.2 Å². The molecule has 3 nitrogen and oxygen atoms in total. The molecule has 2 aromatic carbocycles. The molecule has 0 amide bonds. The lowest BCUT2D eigenvalue weighted by atomic mass is 10.2. The maximum atomic E-state index is 11.9. The number of hydrogen-bond acceptors (Lipinski definition) is 3. The van der Waals surface area contributed by atoms with Crippen LogP contribution in [0, 0.1) is 0 Å². The smallest absolute Gasteiger partial charge is 0.344 e. The molecule has 0 radical (unpaired) electrons. The van der Waals surface area contributed by atoms with Gasteiger partial charge in [0, 0.05) is 15.6 Å². The molecule has 0 atom stereocenters. The number of halogens is 2. The summed E-state index contributed by atoms with van der Waals surface area (Å²) in [6.07, 6.45) is 0. The average molecular weight is 307 g/mol. The normalized spacial score (nSPS) is 9.70. The third-order valence-electron chi connectivity index (χ3n) is 2.47. The van der Waals surface area contributed by atoms with Crippen molar-refractivity contribution in [3.8, 4) is 0 Å². The molecule has 5 heteroatoms. The maximum absolute atomic E-state index is 11.9. The number of hydrogen-bond donors (Lipinski definition) is 0. The van der Waals surface area contributed by atoms with E-state index >= 15 is 0 Å². The predicted octanol–water partition coefficient (Wildman–Crippen LogP) is 4.02. The van der Waals surface area contributed by atoms with Gasteiger partial charge in [-0.25, -0.2) is 9.59 Å². The first kappa shape index (κ1) is 14.4. The molecule has 0 aliphatic carbocycles. The van der Waals surface area contributed by atoms with E-state index in [2.05, 4.69) is 0 Å². The van der Waals surface area contributed by atoms with Crippen LogP contribution in [0.4, 0.5) is 0 Å². The Kier molecular flexibility index (Phi) is 4.59. The summed E-state index contributed by atoms with van der Waals surface area (Å²) in [5.41, 5.74) is 0.711. The number of carbonyl (C=O) groups is 1. The highest BCUT2D eigenvalue weighted by molar-refractivity contribution is 6.31. The van der Waals surface area contributed by atoms with E-state index in [9.17, 15) is 9.59 Å². The van der Waals surface area contributed by atoms with Gasteiger partial charge in [0.1, 0.15) is 0 Å². The van der Waals surface area contributed by atoms with Crippen LogP contribution in [0.2, 0.25) is 10.0 Å². The number of rotatable bonds is 3. The third-order valence-corrected chi connectivity index (χ3v) is 2.98. The van der Waals surface area contributed by atoms with E-state index in [0.717, 1.165) is 0 Å². The zero-order valence-corrected chi connectivity index (χ0v) is 11.6. The molecule has 2 aromatic rings. The molecule has 0 fully saturated rings. The van der Waals surface area contributed by atoms with Crippen LogP contribution in [0.5, 0.6) is 0 Å². The van der Waals surface area contributed by atoms with Crippen molar-refractivity contribution in [2.45, 2.75) is 0 Å².